The summed E-state index contributed by atoms with van der Waals surface area (Å²) >= 11 is 1.31. The third-order valence-electron chi connectivity index (χ3n) is 1.22. The third-order valence-corrected chi connectivity index (χ3v) is 2.17. The lowest BCUT2D eigenvalue weighted by Crippen LogP contribution is -1.88. The Labute approximate surface area is 75.6 Å². The molecule has 1 aromatic rings. The SMILES string of the molecule is CCOc1cc(O)c(OCC)s1. The molecule has 1 heterocycles. The molecule has 1 N–H and O–H groups in total. The Bertz CT molecular complexity index is 244. The fraction of sp³-hybridized carbons (Fsp3) is 0.500. The van der Waals surface area contributed by atoms with Crippen molar-refractivity contribution in [1.82, 2.24) is 0 Å². The Morgan fingerprint density at radius 3 is 2.58 bits per heavy atom. The van der Waals surface area contributed by atoms with Crippen molar-refractivity contribution >= 4 is 11.3 Å². The number of hydrogen-bond acceptors (Lipinski definition) is 4. The summed E-state index contributed by atoms with van der Waals surface area (Å²) in [5.41, 5.74) is 0. The first-order valence-corrected chi connectivity index (χ1v) is 4.68. The molecule has 0 aliphatic carbocycles. The minimum absolute atomic E-state index is 0.158. The largest absolute Gasteiger partial charge is 0.504 e. The Kier molecular flexibility index (Phi) is 3.22. The zero-order valence-electron chi connectivity index (χ0n) is 7.16. The van der Waals surface area contributed by atoms with Crippen LogP contribution in [0.1, 0.15) is 13.8 Å². The highest BCUT2D eigenvalue weighted by atomic mass is 32.1. The monoisotopic (exact) mass is 188 g/mol. The van der Waals surface area contributed by atoms with E-state index in [4.69, 9.17) is 9.47 Å². The van der Waals surface area contributed by atoms with Crippen LogP contribution in [-0.2, 0) is 0 Å². The standard InChI is InChI=1S/C8H12O3S/c1-3-10-7-5-6(9)8(12-7)11-4-2/h5,9H,3-4H2,1-2H3. The minimum atomic E-state index is 0.158. The van der Waals surface area contributed by atoms with Gasteiger partial charge in [-0.05, 0) is 13.8 Å². The second kappa shape index (κ2) is 4.21. The number of hydrogen-bond donors (Lipinski definition) is 1. The van der Waals surface area contributed by atoms with Crippen molar-refractivity contribution in [2.24, 2.45) is 0 Å². The topological polar surface area (TPSA) is 38.7 Å². The summed E-state index contributed by atoms with van der Waals surface area (Å²) in [7, 11) is 0. The van der Waals surface area contributed by atoms with Crippen molar-refractivity contribution in [3.63, 3.8) is 0 Å². The summed E-state index contributed by atoms with van der Waals surface area (Å²) in [5, 5.41) is 10.5. The highest BCUT2D eigenvalue weighted by Crippen LogP contribution is 2.40. The van der Waals surface area contributed by atoms with Crippen molar-refractivity contribution in [2.45, 2.75) is 13.8 Å². The quantitative estimate of drug-likeness (QED) is 0.787. The van der Waals surface area contributed by atoms with E-state index in [9.17, 15) is 5.11 Å². The average molecular weight is 188 g/mol. The molecular formula is C8H12O3S. The molecule has 0 fully saturated rings. The fourth-order valence-electron chi connectivity index (χ4n) is 0.792. The van der Waals surface area contributed by atoms with Gasteiger partial charge in [0.25, 0.3) is 0 Å². The Morgan fingerprint density at radius 1 is 1.33 bits per heavy atom. The fourth-order valence-corrected chi connectivity index (χ4v) is 1.66. The van der Waals surface area contributed by atoms with Crippen LogP contribution < -0.4 is 9.47 Å². The van der Waals surface area contributed by atoms with E-state index in [1.807, 2.05) is 13.8 Å². The Hall–Kier alpha value is -0.900. The molecule has 0 unspecified atom stereocenters. The van der Waals surface area contributed by atoms with Gasteiger partial charge in [0.1, 0.15) is 0 Å². The molecule has 0 spiro atoms. The van der Waals surface area contributed by atoms with E-state index in [-0.39, 0.29) is 5.75 Å². The molecule has 0 atom stereocenters. The molecule has 0 aromatic carbocycles. The summed E-state index contributed by atoms with van der Waals surface area (Å²) in [6.45, 7) is 4.93. The lowest BCUT2D eigenvalue weighted by molar-refractivity contribution is 0.328. The van der Waals surface area contributed by atoms with Gasteiger partial charge in [0.15, 0.2) is 10.8 Å². The number of thiophene rings is 1. The number of aromatic hydroxyl groups is 1. The maximum Gasteiger partial charge on any atom is 0.220 e. The van der Waals surface area contributed by atoms with E-state index < -0.39 is 0 Å². The highest BCUT2D eigenvalue weighted by Gasteiger charge is 2.08. The van der Waals surface area contributed by atoms with Gasteiger partial charge in [0.05, 0.1) is 13.2 Å². The van der Waals surface area contributed by atoms with E-state index >= 15 is 0 Å². The summed E-state index contributed by atoms with van der Waals surface area (Å²) in [6.07, 6.45) is 0. The van der Waals surface area contributed by atoms with Crippen LogP contribution in [0.5, 0.6) is 15.9 Å². The van der Waals surface area contributed by atoms with Crippen LogP contribution >= 0.6 is 11.3 Å². The van der Waals surface area contributed by atoms with Crippen LogP contribution in [-0.4, -0.2) is 18.3 Å². The maximum atomic E-state index is 9.29. The molecule has 0 amide bonds. The van der Waals surface area contributed by atoms with Crippen LogP contribution in [0.15, 0.2) is 6.07 Å². The predicted octanol–water partition coefficient (Wildman–Crippen LogP) is 2.25. The first kappa shape index (κ1) is 9.19. The molecule has 0 saturated carbocycles. The van der Waals surface area contributed by atoms with Crippen molar-refractivity contribution in [1.29, 1.82) is 0 Å². The third kappa shape index (κ3) is 2.04. The van der Waals surface area contributed by atoms with Gasteiger partial charge in [-0.3, -0.25) is 0 Å². The van der Waals surface area contributed by atoms with E-state index in [1.165, 1.54) is 11.3 Å². The molecule has 12 heavy (non-hydrogen) atoms. The predicted molar refractivity (Wildman–Crippen MR) is 48.3 cm³/mol. The zero-order chi connectivity index (χ0) is 8.97. The molecular weight excluding hydrogens is 176 g/mol. The van der Waals surface area contributed by atoms with Crippen LogP contribution in [0.25, 0.3) is 0 Å². The van der Waals surface area contributed by atoms with Crippen molar-refractivity contribution in [2.75, 3.05) is 13.2 Å². The molecule has 0 aliphatic heterocycles. The minimum Gasteiger partial charge on any atom is -0.504 e. The zero-order valence-corrected chi connectivity index (χ0v) is 7.98. The van der Waals surface area contributed by atoms with Crippen LogP contribution in [0.4, 0.5) is 0 Å². The normalized spacial score (nSPS) is 9.83. The smallest absolute Gasteiger partial charge is 0.220 e. The second-order valence-electron chi connectivity index (χ2n) is 2.10. The van der Waals surface area contributed by atoms with Gasteiger partial charge in [-0.25, -0.2) is 0 Å². The van der Waals surface area contributed by atoms with Gasteiger partial charge in [0.2, 0.25) is 5.06 Å². The van der Waals surface area contributed by atoms with Gasteiger partial charge in [-0.2, -0.15) is 0 Å². The van der Waals surface area contributed by atoms with E-state index in [0.29, 0.717) is 23.3 Å². The highest BCUT2D eigenvalue weighted by molar-refractivity contribution is 7.16. The van der Waals surface area contributed by atoms with Crippen LogP contribution in [0.2, 0.25) is 0 Å². The molecule has 1 rings (SSSR count). The van der Waals surface area contributed by atoms with Gasteiger partial charge in [-0.15, -0.1) is 0 Å². The van der Waals surface area contributed by atoms with Gasteiger partial charge in [0, 0.05) is 6.07 Å². The molecule has 0 radical (unpaired) electrons. The van der Waals surface area contributed by atoms with Crippen molar-refractivity contribution in [3.8, 4) is 15.9 Å². The molecule has 68 valence electrons. The first-order chi connectivity index (χ1) is 5.77. The summed E-state index contributed by atoms with van der Waals surface area (Å²) < 4.78 is 10.3. The molecule has 4 heteroatoms. The molecule has 1 aromatic heterocycles. The van der Waals surface area contributed by atoms with E-state index in [1.54, 1.807) is 6.07 Å². The molecule has 0 bridgehead atoms. The Balaban J connectivity index is 2.70. The van der Waals surface area contributed by atoms with E-state index in [0.717, 1.165) is 0 Å². The van der Waals surface area contributed by atoms with E-state index in [2.05, 4.69) is 0 Å². The summed E-state index contributed by atoms with van der Waals surface area (Å²) in [6, 6.07) is 1.57. The molecule has 0 saturated heterocycles. The van der Waals surface area contributed by atoms with Crippen molar-refractivity contribution in [3.05, 3.63) is 6.07 Å². The lowest BCUT2D eigenvalue weighted by atomic mass is 10.6. The average Bonchev–Trinajstić information content (AvgIpc) is 2.34. The van der Waals surface area contributed by atoms with Crippen LogP contribution in [0, 0.1) is 0 Å². The summed E-state index contributed by atoms with van der Waals surface area (Å²) in [5.74, 6) is 0.158. The molecule has 3 nitrogen and oxygen atoms in total. The van der Waals surface area contributed by atoms with Crippen molar-refractivity contribution < 1.29 is 14.6 Å². The number of ether oxygens (including phenoxy) is 2. The summed E-state index contributed by atoms with van der Waals surface area (Å²) in [4.78, 5) is 0. The van der Waals surface area contributed by atoms with Gasteiger partial charge in [-0.1, -0.05) is 11.3 Å². The lowest BCUT2D eigenvalue weighted by Gasteiger charge is -1.97. The van der Waals surface area contributed by atoms with Gasteiger partial charge >= 0.3 is 0 Å². The van der Waals surface area contributed by atoms with Gasteiger partial charge < -0.3 is 14.6 Å². The first-order valence-electron chi connectivity index (χ1n) is 3.86. The maximum absolute atomic E-state index is 9.29. The van der Waals surface area contributed by atoms with Crippen LogP contribution in [0.3, 0.4) is 0 Å². The number of rotatable bonds is 4. The molecule has 0 aliphatic rings. The Morgan fingerprint density at radius 2 is 2.00 bits per heavy atom. The second-order valence-corrected chi connectivity index (χ2v) is 3.08.